The van der Waals surface area contributed by atoms with Gasteiger partial charge >= 0.3 is 5.97 Å². The number of hydrogen-bond donors (Lipinski definition) is 2. The van der Waals surface area contributed by atoms with Gasteiger partial charge in [-0.25, -0.2) is 5.43 Å². The summed E-state index contributed by atoms with van der Waals surface area (Å²) in [6.45, 7) is 5.78. The molecule has 0 aromatic carbocycles. The molecule has 1 rings (SSSR count). The molecule has 1 saturated heterocycles. The van der Waals surface area contributed by atoms with Crippen LogP contribution in [0.3, 0.4) is 0 Å². The second kappa shape index (κ2) is 3.57. The van der Waals surface area contributed by atoms with Crippen LogP contribution in [0.4, 0.5) is 0 Å². The maximum absolute atomic E-state index is 11.4. The van der Waals surface area contributed by atoms with E-state index < -0.39 is 5.97 Å². The van der Waals surface area contributed by atoms with Gasteiger partial charge in [0.15, 0.2) is 0 Å². The fourth-order valence-electron chi connectivity index (χ4n) is 1.36. The monoisotopic (exact) mass is 200 g/mol. The Kier molecular flexibility index (Phi) is 2.80. The Bertz CT molecular complexity index is 257. The zero-order valence-electron chi connectivity index (χ0n) is 8.70. The van der Waals surface area contributed by atoms with Gasteiger partial charge in [-0.05, 0) is 5.41 Å². The third-order valence-electron chi connectivity index (χ3n) is 2.33. The fraction of sp³-hybridized carbons (Fsp3) is 0.778. The normalized spacial score (nSPS) is 22.9. The zero-order chi connectivity index (χ0) is 10.9. The lowest BCUT2D eigenvalue weighted by atomic mass is 9.86. The second-order valence-corrected chi connectivity index (χ2v) is 4.63. The average Bonchev–Trinajstić information content (AvgIpc) is 2.30. The standard InChI is InChI=1S/C9H16N2O3/c1-9(2,3)6-4-7(12)11(10-6)5-8(13)14/h6,10H,4-5H2,1-3H3,(H,13,14). The van der Waals surface area contributed by atoms with Gasteiger partial charge in [-0.2, -0.15) is 0 Å². The molecule has 0 aromatic heterocycles. The SMILES string of the molecule is CC(C)(C)C1CC(=O)N(CC(=O)O)N1. The van der Waals surface area contributed by atoms with Crippen molar-refractivity contribution in [2.75, 3.05) is 6.54 Å². The minimum atomic E-state index is -1.000. The third-order valence-corrected chi connectivity index (χ3v) is 2.33. The van der Waals surface area contributed by atoms with Crippen molar-refractivity contribution in [3.8, 4) is 0 Å². The number of hydrogen-bond acceptors (Lipinski definition) is 3. The van der Waals surface area contributed by atoms with Crippen LogP contribution < -0.4 is 5.43 Å². The van der Waals surface area contributed by atoms with Crippen molar-refractivity contribution in [1.29, 1.82) is 0 Å². The first-order chi connectivity index (χ1) is 6.30. The van der Waals surface area contributed by atoms with Crippen molar-refractivity contribution in [2.45, 2.75) is 33.2 Å². The van der Waals surface area contributed by atoms with Gasteiger partial charge in [0.2, 0.25) is 5.91 Å². The van der Waals surface area contributed by atoms with Crippen molar-refractivity contribution >= 4 is 11.9 Å². The van der Waals surface area contributed by atoms with E-state index in [1.54, 1.807) is 0 Å². The number of carboxylic acid groups (broad SMARTS) is 1. The van der Waals surface area contributed by atoms with Crippen LogP contribution in [0.5, 0.6) is 0 Å². The molecule has 1 amide bonds. The van der Waals surface area contributed by atoms with Crippen molar-refractivity contribution in [3.05, 3.63) is 0 Å². The molecule has 80 valence electrons. The van der Waals surface area contributed by atoms with Crippen LogP contribution >= 0.6 is 0 Å². The summed E-state index contributed by atoms with van der Waals surface area (Å²) in [6.07, 6.45) is 0.372. The van der Waals surface area contributed by atoms with E-state index in [-0.39, 0.29) is 23.9 Å². The number of carbonyl (C=O) groups excluding carboxylic acids is 1. The summed E-state index contributed by atoms with van der Waals surface area (Å²) in [5.41, 5.74) is 2.88. The second-order valence-electron chi connectivity index (χ2n) is 4.63. The highest BCUT2D eigenvalue weighted by Crippen LogP contribution is 2.26. The Morgan fingerprint density at radius 1 is 1.64 bits per heavy atom. The van der Waals surface area contributed by atoms with Gasteiger partial charge in [-0.1, -0.05) is 20.8 Å². The highest BCUT2D eigenvalue weighted by Gasteiger charge is 2.37. The van der Waals surface area contributed by atoms with Crippen LogP contribution in [0.15, 0.2) is 0 Å². The van der Waals surface area contributed by atoms with Gasteiger partial charge in [-0.15, -0.1) is 0 Å². The largest absolute Gasteiger partial charge is 0.480 e. The quantitative estimate of drug-likeness (QED) is 0.669. The van der Waals surface area contributed by atoms with Crippen LogP contribution in [-0.4, -0.2) is 34.6 Å². The summed E-state index contributed by atoms with van der Waals surface area (Å²) in [4.78, 5) is 21.8. The number of aliphatic carboxylic acids is 1. The zero-order valence-corrected chi connectivity index (χ0v) is 8.70. The van der Waals surface area contributed by atoms with Crippen molar-refractivity contribution in [3.63, 3.8) is 0 Å². The number of hydrazine groups is 1. The van der Waals surface area contributed by atoms with Crippen molar-refractivity contribution in [2.24, 2.45) is 5.41 Å². The van der Waals surface area contributed by atoms with Gasteiger partial charge in [0.1, 0.15) is 6.54 Å². The van der Waals surface area contributed by atoms with Gasteiger partial charge in [0.25, 0.3) is 0 Å². The van der Waals surface area contributed by atoms with Gasteiger partial charge in [-0.3, -0.25) is 14.6 Å². The van der Waals surface area contributed by atoms with Gasteiger partial charge in [0, 0.05) is 12.5 Å². The van der Waals surface area contributed by atoms with E-state index in [9.17, 15) is 9.59 Å². The molecule has 1 aliphatic heterocycles. The number of amides is 1. The van der Waals surface area contributed by atoms with Crippen molar-refractivity contribution in [1.82, 2.24) is 10.4 Å². The predicted molar refractivity (Wildman–Crippen MR) is 50.3 cm³/mol. The maximum atomic E-state index is 11.4. The molecule has 0 bridgehead atoms. The molecule has 0 spiro atoms. The molecule has 14 heavy (non-hydrogen) atoms. The molecule has 2 N–H and O–H groups in total. The lowest BCUT2D eigenvalue weighted by Gasteiger charge is -2.27. The molecule has 0 saturated carbocycles. The Morgan fingerprint density at radius 2 is 2.21 bits per heavy atom. The minimum Gasteiger partial charge on any atom is -0.480 e. The molecule has 0 aliphatic carbocycles. The molecule has 5 heteroatoms. The summed E-state index contributed by atoms with van der Waals surface area (Å²) in [6, 6.07) is 0.0225. The maximum Gasteiger partial charge on any atom is 0.324 e. The summed E-state index contributed by atoms with van der Waals surface area (Å²) >= 11 is 0. The molecular weight excluding hydrogens is 184 g/mol. The molecule has 1 unspecified atom stereocenters. The summed E-state index contributed by atoms with van der Waals surface area (Å²) < 4.78 is 0. The summed E-state index contributed by atoms with van der Waals surface area (Å²) in [7, 11) is 0. The van der Waals surface area contributed by atoms with Crippen LogP contribution in [0.1, 0.15) is 27.2 Å². The highest BCUT2D eigenvalue weighted by molar-refractivity contribution is 5.82. The Hall–Kier alpha value is -1.10. The minimum absolute atomic E-state index is 0.0225. The van der Waals surface area contributed by atoms with Gasteiger partial charge in [0.05, 0.1) is 0 Å². The smallest absolute Gasteiger partial charge is 0.324 e. The van der Waals surface area contributed by atoms with Gasteiger partial charge < -0.3 is 5.11 Å². The third kappa shape index (κ3) is 2.45. The van der Waals surface area contributed by atoms with E-state index in [1.165, 1.54) is 5.01 Å². The van der Waals surface area contributed by atoms with Crippen molar-refractivity contribution < 1.29 is 14.7 Å². The number of rotatable bonds is 2. The van der Waals surface area contributed by atoms with Crippen LogP contribution in [0.2, 0.25) is 0 Å². The van der Waals surface area contributed by atoms with E-state index in [4.69, 9.17) is 5.11 Å². The molecular formula is C9H16N2O3. The highest BCUT2D eigenvalue weighted by atomic mass is 16.4. The van der Waals surface area contributed by atoms with E-state index in [0.29, 0.717) is 6.42 Å². The van der Waals surface area contributed by atoms with Crippen LogP contribution in [-0.2, 0) is 9.59 Å². The first kappa shape index (κ1) is 11.0. The molecule has 0 aromatic rings. The molecule has 0 radical (unpaired) electrons. The molecule has 1 heterocycles. The Balaban J connectivity index is 2.60. The van der Waals surface area contributed by atoms with E-state index in [0.717, 1.165) is 0 Å². The molecule has 1 aliphatic rings. The number of nitrogens with zero attached hydrogens (tertiary/aromatic N) is 1. The lowest BCUT2D eigenvalue weighted by Crippen LogP contribution is -2.44. The lowest BCUT2D eigenvalue weighted by molar-refractivity contribution is -0.144. The molecule has 1 fully saturated rings. The number of carboxylic acids is 1. The van der Waals surface area contributed by atoms with E-state index in [2.05, 4.69) is 5.43 Å². The molecule has 1 atom stereocenters. The van der Waals surface area contributed by atoms with E-state index >= 15 is 0 Å². The predicted octanol–water partition coefficient (Wildman–Crippen LogP) is 0.223. The Morgan fingerprint density at radius 3 is 2.57 bits per heavy atom. The summed E-state index contributed by atoms with van der Waals surface area (Å²) in [5, 5.41) is 9.73. The Labute approximate surface area is 83.1 Å². The number of nitrogens with one attached hydrogen (secondary N) is 1. The topological polar surface area (TPSA) is 69.6 Å². The number of carbonyl (C=O) groups is 2. The van der Waals surface area contributed by atoms with E-state index in [1.807, 2.05) is 20.8 Å². The fourth-order valence-corrected chi connectivity index (χ4v) is 1.36. The average molecular weight is 200 g/mol. The van der Waals surface area contributed by atoms with Crippen LogP contribution in [0.25, 0.3) is 0 Å². The first-order valence-corrected chi connectivity index (χ1v) is 4.59. The van der Waals surface area contributed by atoms with Crippen LogP contribution in [0, 0.1) is 5.41 Å². The first-order valence-electron chi connectivity index (χ1n) is 4.59. The molecule has 5 nitrogen and oxygen atoms in total. The summed E-state index contributed by atoms with van der Waals surface area (Å²) in [5.74, 6) is -1.15.